The summed E-state index contributed by atoms with van der Waals surface area (Å²) in [5.41, 5.74) is 0. The Hall–Kier alpha value is -1.30. The number of nitrogens with one attached hydrogen (secondary N) is 1. The Morgan fingerprint density at radius 1 is 1.08 bits per heavy atom. The van der Waals surface area contributed by atoms with Crippen LogP contribution in [0.25, 0.3) is 0 Å². The van der Waals surface area contributed by atoms with Crippen LogP contribution in [0.15, 0.2) is 4.99 Å². The van der Waals surface area contributed by atoms with E-state index in [1.807, 2.05) is 4.90 Å². The van der Waals surface area contributed by atoms with Gasteiger partial charge < -0.3 is 19.9 Å². The molecule has 2 saturated heterocycles. The summed E-state index contributed by atoms with van der Waals surface area (Å²) >= 11 is 0. The molecular formula is C20H36N4O2. The largest absolute Gasteiger partial charge is 0.368 e. The summed E-state index contributed by atoms with van der Waals surface area (Å²) in [6.07, 6.45) is 7.08. The molecule has 1 amide bonds. The van der Waals surface area contributed by atoms with Crippen LogP contribution in [0.1, 0.15) is 52.4 Å². The van der Waals surface area contributed by atoms with Gasteiger partial charge in [-0.05, 0) is 38.0 Å². The van der Waals surface area contributed by atoms with Gasteiger partial charge in [-0.3, -0.25) is 9.79 Å². The van der Waals surface area contributed by atoms with Gasteiger partial charge in [0.1, 0.15) is 6.10 Å². The van der Waals surface area contributed by atoms with Gasteiger partial charge >= 0.3 is 0 Å². The van der Waals surface area contributed by atoms with Crippen molar-refractivity contribution >= 4 is 11.9 Å². The number of rotatable bonds is 4. The maximum atomic E-state index is 12.5. The van der Waals surface area contributed by atoms with Gasteiger partial charge in [-0.25, -0.2) is 0 Å². The minimum absolute atomic E-state index is 0.181. The van der Waals surface area contributed by atoms with Crippen molar-refractivity contribution < 1.29 is 9.53 Å². The monoisotopic (exact) mass is 364 g/mol. The van der Waals surface area contributed by atoms with Crippen LogP contribution >= 0.6 is 0 Å². The van der Waals surface area contributed by atoms with E-state index in [1.54, 1.807) is 0 Å². The first-order valence-corrected chi connectivity index (χ1v) is 10.6. The molecule has 3 rings (SSSR count). The summed E-state index contributed by atoms with van der Waals surface area (Å²) in [5, 5.41) is 3.45. The van der Waals surface area contributed by atoms with Gasteiger partial charge in [0.25, 0.3) is 5.91 Å². The lowest BCUT2D eigenvalue weighted by Gasteiger charge is -2.37. The Morgan fingerprint density at radius 3 is 2.46 bits per heavy atom. The standard InChI is InChI=1S/C20H36N4O2/c1-3-21-20(22-15-17-8-5-4-7-16(17)2)24-12-10-23(11-13-24)19(25)18-9-6-14-26-18/h16-18H,3-15H2,1-2H3,(H,21,22). The second kappa shape index (κ2) is 9.58. The van der Waals surface area contributed by atoms with Crippen LogP contribution in [0.3, 0.4) is 0 Å². The molecule has 0 spiro atoms. The molecule has 3 unspecified atom stereocenters. The van der Waals surface area contributed by atoms with Crippen LogP contribution in [0.4, 0.5) is 0 Å². The Kier molecular flexibility index (Phi) is 7.17. The highest BCUT2D eigenvalue weighted by molar-refractivity contribution is 5.82. The van der Waals surface area contributed by atoms with E-state index in [0.717, 1.165) is 76.5 Å². The fourth-order valence-corrected chi connectivity index (χ4v) is 4.41. The molecule has 3 fully saturated rings. The Morgan fingerprint density at radius 2 is 1.81 bits per heavy atom. The minimum Gasteiger partial charge on any atom is -0.368 e. The molecule has 3 aliphatic rings. The molecular weight excluding hydrogens is 328 g/mol. The molecule has 26 heavy (non-hydrogen) atoms. The molecule has 2 heterocycles. The quantitative estimate of drug-likeness (QED) is 0.613. The van der Waals surface area contributed by atoms with Crippen molar-refractivity contribution in [3.63, 3.8) is 0 Å². The fourth-order valence-electron chi connectivity index (χ4n) is 4.41. The zero-order valence-electron chi connectivity index (χ0n) is 16.6. The Bertz CT molecular complexity index is 482. The van der Waals surface area contributed by atoms with Gasteiger partial charge in [0.05, 0.1) is 0 Å². The number of carbonyl (C=O) groups is 1. The van der Waals surface area contributed by atoms with Crippen molar-refractivity contribution in [2.75, 3.05) is 45.9 Å². The molecule has 0 aromatic carbocycles. The van der Waals surface area contributed by atoms with Crippen LogP contribution in [0.5, 0.6) is 0 Å². The van der Waals surface area contributed by atoms with E-state index in [9.17, 15) is 4.79 Å². The van der Waals surface area contributed by atoms with Gasteiger partial charge in [-0.1, -0.05) is 26.2 Å². The third-order valence-corrected chi connectivity index (χ3v) is 6.20. The topological polar surface area (TPSA) is 57.2 Å². The molecule has 148 valence electrons. The van der Waals surface area contributed by atoms with Gasteiger partial charge in [-0.15, -0.1) is 0 Å². The predicted molar refractivity (Wildman–Crippen MR) is 104 cm³/mol. The fraction of sp³-hybridized carbons (Fsp3) is 0.900. The molecule has 2 aliphatic heterocycles. The Balaban J connectivity index is 1.52. The molecule has 0 bridgehead atoms. The van der Waals surface area contributed by atoms with Crippen molar-refractivity contribution in [1.82, 2.24) is 15.1 Å². The van der Waals surface area contributed by atoms with E-state index < -0.39 is 0 Å². The summed E-state index contributed by atoms with van der Waals surface area (Å²) in [5.74, 6) is 2.71. The van der Waals surface area contributed by atoms with Crippen LogP contribution < -0.4 is 5.32 Å². The molecule has 0 aromatic rings. The number of hydrogen-bond donors (Lipinski definition) is 1. The molecule has 3 atom stereocenters. The first-order chi connectivity index (χ1) is 12.7. The van der Waals surface area contributed by atoms with Crippen molar-refractivity contribution in [3.05, 3.63) is 0 Å². The summed E-state index contributed by atoms with van der Waals surface area (Å²) in [6, 6.07) is 0. The van der Waals surface area contributed by atoms with Gasteiger partial charge in [0.2, 0.25) is 0 Å². The summed E-state index contributed by atoms with van der Waals surface area (Å²) in [4.78, 5) is 21.8. The number of piperazine rings is 1. The first kappa shape index (κ1) is 19.5. The molecule has 1 N–H and O–H groups in total. The molecule has 6 heteroatoms. The number of carbonyl (C=O) groups excluding carboxylic acids is 1. The summed E-state index contributed by atoms with van der Waals surface area (Å²) < 4.78 is 5.56. The second-order valence-electron chi connectivity index (χ2n) is 8.03. The SMILES string of the molecule is CCNC(=NCC1CCCCC1C)N1CCN(C(=O)C2CCCO2)CC1. The van der Waals surface area contributed by atoms with E-state index in [4.69, 9.17) is 9.73 Å². The number of amides is 1. The lowest BCUT2D eigenvalue weighted by atomic mass is 9.80. The van der Waals surface area contributed by atoms with Crippen molar-refractivity contribution in [2.24, 2.45) is 16.8 Å². The zero-order chi connectivity index (χ0) is 18.4. The zero-order valence-corrected chi connectivity index (χ0v) is 16.6. The highest BCUT2D eigenvalue weighted by Gasteiger charge is 2.31. The number of nitrogens with zero attached hydrogens (tertiary/aromatic N) is 3. The predicted octanol–water partition coefficient (Wildman–Crippen LogP) is 2.10. The highest BCUT2D eigenvalue weighted by Crippen LogP contribution is 2.29. The molecule has 6 nitrogen and oxygen atoms in total. The average molecular weight is 365 g/mol. The maximum absolute atomic E-state index is 12.5. The van der Waals surface area contributed by atoms with Crippen LogP contribution in [0, 0.1) is 11.8 Å². The lowest BCUT2D eigenvalue weighted by molar-refractivity contribution is -0.142. The number of hydrogen-bond acceptors (Lipinski definition) is 3. The van der Waals surface area contributed by atoms with Crippen LogP contribution in [-0.2, 0) is 9.53 Å². The van der Waals surface area contributed by atoms with Crippen molar-refractivity contribution in [3.8, 4) is 0 Å². The number of aliphatic imine (C=N–C) groups is 1. The maximum Gasteiger partial charge on any atom is 0.251 e. The average Bonchev–Trinajstić information content (AvgIpc) is 3.21. The van der Waals surface area contributed by atoms with Crippen LogP contribution in [-0.4, -0.2) is 73.6 Å². The van der Waals surface area contributed by atoms with Crippen LogP contribution in [0.2, 0.25) is 0 Å². The Labute approximate surface area is 158 Å². The van der Waals surface area contributed by atoms with E-state index in [2.05, 4.69) is 24.1 Å². The second-order valence-corrected chi connectivity index (χ2v) is 8.03. The van der Waals surface area contributed by atoms with Crippen molar-refractivity contribution in [2.45, 2.75) is 58.5 Å². The normalized spacial score (nSPS) is 30.5. The minimum atomic E-state index is -0.198. The number of ether oxygens (including phenoxy) is 1. The lowest BCUT2D eigenvalue weighted by Crippen LogP contribution is -2.55. The van der Waals surface area contributed by atoms with E-state index in [-0.39, 0.29) is 12.0 Å². The van der Waals surface area contributed by atoms with E-state index in [0.29, 0.717) is 0 Å². The molecule has 0 radical (unpaired) electrons. The molecule has 1 aliphatic carbocycles. The summed E-state index contributed by atoms with van der Waals surface area (Å²) in [6.45, 7) is 10.3. The highest BCUT2D eigenvalue weighted by atomic mass is 16.5. The molecule has 0 aromatic heterocycles. The van der Waals surface area contributed by atoms with Crippen molar-refractivity contribution in [1.29, 1.82) is 0 Å². The summed E-state index contributed by atoms with van der Waals surface area (Å²) in [7, 11) is 0. The van der Waals surface area contributed by atoms with E-state index in [1.165, 1.54) is 25.7 Å². The number of guanidine groups is 1. The first-order valence-electron chi connectivity index (χ1n) is 10.6. The third kappa shape index (κ3) is 4.90. The third-order valence-electron chi connectivity index (χ3n) is 6.20. The van der Waals surface area contributed by atoms with Gasteiger partial charge in [0, 0.05) is 45.9 Å². The van der Waals surface area contributed by atoms with Gasteiger partial charge in [-0.2, -0.15) is 0 Å². The molecule has 1 saturated carbocycles. The smallest absolute Gasteiger partial charge is 0.251 e. The van der Waals surface area contributed by atoms with E-state index >= 15 is 0 Å². The van der Waals surface area contributed by atoms with Gasteiger partial charge in [0.15, 0.2) is 5.96 Å².